The van der Waals surface area contributed by atoms with Gasteiger partial charge in [-0.05, 0) is 18.1 Å². The monoisotopic (exact) mass is 404 g/mol. The number of aromatic nitrogens is 1. The smallest absolute Gasteiger partial charge is 0.290 e. The van der Waals surface area contributed by atoms with Gasteiger partial charge in [0.25, 0.3) is 5.91 Å². The van der Waals surface area contributed by atoms with Crippen molar-refractivity contribution in [1.29, 1.82) is 0 Å². The van der Waals surface area contributed by atoms with E-state index in [-0.39, 0.29) is 24.3 Å². The number of fused-ring (bicyclic) bond motifs is 1. The van der Waals surface area contributed by atoms with Crippen molar-refractivity contribution in [3.8, 4) is 0 Å². The number of ketones is 1. The zero-order valence-corrected chi connectivity index (χ0v) is 16.8. The highest BCUT2D eigenvalue weighted by Crippen LogP contribution is 2.40. The summed E-state index contributed by atoms with van der Waals surface area (Å²) in [5, 5.41) is 11.6. The average Bonchev–Trinajstić information content (AvgIpc) is 3.30. The number of rotatable bonds is 8. The van der Waals surface area contributed by atoms with Crippen molar-refractivity contribution in [1.82, 2.24) is 9.88 Å². The Morgan fingerprint density at radius 2 is 1.87 bits per heavy atom. The summed E-state index contributed by atoms with van der Waals surface area (Å²) in [4.78, 5) is 30.8. The van der Waals surface area contributed by atoms with Gasteiger partial charge in [-0.3, -0.25) is 9.59 Å². The molecule has 0 spiro atoms. The molecule has 1 aliphatic heterocycles. The second-order valence-electron chi connectivity index (χ2n) is 7.35. The van der Waals surface area contributed by atoms with E-state index in [1.807, 2.05) is 60.8 Å². The molecule has 2 heterocycles. The van der Waals surface area contributed by atoms with Gasteiger partial charge in [-0.2, -0.15) is 0 Å². The van der Waals surface area contributed by atoms with Crippen molar-refractivity contribution in [3.63, 3.8) is 0 Å². The fourth-order valence-corrected chi connectivity index (χ4v) is 4.04. The molecule has 1 unspecified atom stereocenters. The number of aryl methyl sites for hydroxylation is 1. The molecule has 30 heavy (non-hydrogen) atoms. The summed E-state index contributed by atoms with van der Waals surface area (Å²) in [6.07, 6.45) is 2.57. The van der Waals surface area contributed by atoms with E-state index in [1.165, 1.54) is 4.90 Å². The molecule has 0 fully saturated rings. The van der Waals surface area contributed by atoms with Crippen molar-refractivity contribution >= 4 is 22.6 Å². The quantitative estimate of drug-likeness (QED) is 0.600. The third kappa shape index (κ3) is 3.62. The van der Waals surface area contributed by atoms with E-state index in [0.29, 0.717) is 13.0 Å². The summed E-state index contributed by atoms with van der Waals surface area (Å²) in [5.74, 6) is -1.22. The summed E-state index contributed by atoms with van der Waals surface area (Å²) >= 11 is 0. The fourth-order valence-electron chi connectivity index (χ4n) is 4.04. The van der Waals surface area contributed by atoms with Crippen LogP contribution in [0.3, 0.4) is 0 Å². The molecule has 154 valence electrons. The topological polar surface area (TPSA) is 82.6 Å². The first kappa shape index (κ1) is 19.9. The lowest BCUT2D eigenvalue weighted by Gasteiger charge is -2.26. The number of para-hydroxylation sites is 1. The number of carbonyl (C=O) groups excluding carboxylic acids is 2. The Morgan fingerprint density at radius 3 is 2.63 bits per heavy atom. The highest BCUT2D eigenvalue weighted by molar-refractivity contribution is 6.09. The molecule has 1 aliphatic rings. The van der Waals surface area contributed by atoms with E-state index >= 15 is 0 Å². The van der Waals surface area contributed by atoms with Crippen LogP contribution in [0.2, 0.25) is 0 Å². The van der Waals surface area contributed by atoms with Crippen molar-refractivity contribution < 1.29 is 19.4 Å². The number of ether oxygens (including phenoxy) is 1. The summed E-state index contributed by atoms with van der Waals surface area (Å²) < 4.78 is 5.15. The predicted molar refractivity (Wildman–Crippen MR) is 114 cm³/mol. The number of methoxy groups -OCH3 is 1. The first-order chi connectivity index (χ1) is 14.6. The van der Waals surface area contributed by atoms with Crippen LogP contribution in [0, 0.1) is 0 Å². The van der Waals surface area contributed by atoms with Crippen LogP contribution in [0.15, 0.2) is 72.1 Å². The number of benzene rings is 2. The Labute approximate surface area is 174 Å². The summed E-state index contributed by atoms with van der Waals surface area (Å²) in [6.45, 7) is 0.586. The van der Waals surface area contributed by atoms with Crippen LogP contribution in [-0.2, 0) is 20.7 Å². The van der Waals surface area contributed by atoms with Gasteiger partial charge in [0.2, 0.25) is 0 Å². The van der Waals surface area contributed by atoms with E-state index in [4.69, 9.17) is 4.74 Å². The zero-order chi connectivity index (χ0) is 21.1. The highest BCUT2D eigenvalue weighted by atomic mass is 16.5. The number of aliphatic hydroxyl groups excluding tert-OH is 1. The number of nitrogens with one attached hydrogen (secondary N) is 1. The Kier molecular flexibility index (Phi) is 5.68. The molecule has 1 aromatic heterocycles. The molecule has 1 atom stereocenters. The van der Waals surface area contributed by atoms with Gasteiger partial charge in [0, 0.05) is 42.7 Å². The minimum Gasteiger partial charge on any atom is -0.503 e. The van der Waals surface area contributed by atoms with Gasteiger partial charge in [-0.1, -0.05) is 48.5 Å². The maximum absolute atomic E-state index is 13.2. The summed E-state index contributed by atoms with van der Waals surface area (Å²) in [6, 6.07) is 16.8. The van der Waals surface area contributed by atoms with Crippen LogP contribution in [0.4, 0.5) is 0 Å². The fraction of sp³-hybridized carbons (Fsp3) is 0.250. The minimum atomic E-state index is -0.646. The second-order valence-corrected chi connectivity index (χ2v) is 7.35. The molecule has 2 aromatic carbocycles. The number of hydrogen-bond acceptors (Lipinski definition) is 4. The Bertz CT molecular complexity index is 1100. The van der Waals surface area contributed by atoms with E-state index in [0.717, 1.165) is 22.0 Å². The van der Waals surface area contributed by atoms with Gasteiger partial charge in [-0.15, -0.1) is 0 Å². The Balaban J connectivity index is 1.70. The molecule has 0 bridgehead atoms. The molecule has 3 aromatic rings. The second kappa shape index (κ2) is 8.55. The molecule has 6 nitrogen and oxygen atoms in total. The number of carbonyl (C=O) groups is 2. The van der Waals surface area contributed by atoms with Gasteiger partial charge in [0.1, 0.15) is 0 Å². The van der Waals surface area contributed by atoms with E-state index in [9.17, 15) is 14.7 Å². The Hall–Kier alpha value is -3.38. The van der Waals surface area contributed by atoms with Crippen LogP contribution in [-0.4, -0.2) is 46.9 Å². The molecular formula is C24H24N2O4. The van der Waals surface area contributed by atoms with Gasteiger partial charge in [0.05, 0.1) is 18.2 Å². The lowest BCUT2D eigenvalue weighted by atomic mass is 9.93. The van der Waals surface area contributed by atoms with Gasteiger partial charge in [-0.25, -0.2) is 0 Å². The average molecular weight is 404 g/mol. The van der Waals surface area contributed by atoms with E-state index in [1.54, 1.807) is 7.11 Å². The number of amides is 1. The first-order valence-electron chi connectivity index (χ1n) is 9.98. The largest absolute Gasteiger partial charge is 0.503 e. The van der Waals surface area contributed by atoms with Crippen LogP contribution in [0.1, 0.15) is 23.6 Å². The predicted octanol–water partition coefficient (Wildman–Crippen LogP) is 3.71. The normalized spacial score (nSPS) is 16.6. The minimum absolute atomic E-state index is 0.164. The maximum Gasteiger partial charge on any atom is 0.290 e. The number of Topliss-reactive ketones (excluding diaryl/α,β-unsaturated/α-hetero) is 1. The number of aromatic amines is 1. The number of H-pyrrole nitrogens is 1. The summed E-state index contributed by atoms with van der Waals surface area (Å²) in [7, 11) is 1.56. The molecule has 1 amide bonds. The van der Waals surface area contributed by atoms with Crippen LogP contribution in [0.25, 0.3) is 10.9 Å². The van der Waals surface area contributed by atoms with Crippen molar-refractivity contribution in [3.05, 3.63) is 83.3 Å². The lowest BCUT2D eigenvalue weighted by Crippen LogP contribution is -2.33. The third-order valence-corrected chi connectivity index (χ3v) is 5.54. The number of aliphatic hydroxyl groups is 1. The third-order valence-electron chi connectivity index (χ3n) is 5.54. The van der Waals surface area contributed by atoms with Gasteiger partial charge < -0.3 is 19.7 Å². The van der Waals surface area contributed by atoms with Crippen molar-refractivity contribution in [2.75, 3.05) is 20.3 Å². The lowest BCUT2D eigenvalue weighted by molar-refractivity contribution is -0.130. The van der Waals surface area contributed by atoms with E-state index in [2.05, 4.69) is 4.98 Å². The van der Waals surface area contributed by atoms with Crippen molar-refractivity contribution in [2.24, 2.45) is 0 Å². The molecular weight excluding hydrogens is 380 g/mol. The van der Waals surface area contributed by atoms with Gasteiger partial charge in [0.15, 0.2) is 11.5 Å². The molecule has 0 saturated carbocycles. The molecule has 0 radical (unpaired) electrons. The van der Waals surface area contributed by atoms with Gasteiger partial charge >= 0.3 is 0 Å². The molecule has 2 N–H and O–H groups in total. The SMILES string of the molecule is COCCN1C(=O)C(O)=C(C(=O)CCc2ccccc2)C1c1c[nH]c2ccccc12. The van der Waals surface area contributed by atoms with E-state index < -0.39 is 17.7 Å². The van der Waals surface area contributed by atoms with Crippen LogP contribution in [0.5, 0.6) is 0 Å². The van der Waals surface area contributed by atoms with Crippen LogP contribution < -0.4 is 0 Å². The van der Waals surface area contributed by atoms with Crippen LogP contribution >= 0.6 is 0 Å². The molecule has 4 rings (SSSR count). The molecule has 0 saturated heterocycles. The summed E-state index contributed by atoms with van der Waals surface area (Å²) in [5.41, 5.74) is 2.91. The van der Waals surface area contributed by atoms with Crippen molar-refractivity contribution in [2.45, 2.75) is 18.9 Å². The number of hydrogen-bond donors (Lipinski definition) is 2. The Morgan fingerprint density at radius 1 is 1.13 bits per heavy atom. The molecule has 0 aliphatic carbocycles. The molecule has 6 heteroatoms. The standard InChI is InChI=1S/C24H24N2O4/c1-30-14-13-26-22(18-15-25-19-10-6-5-9-17(18)19)21(23(28)24(26)29)20(27)12-11-16-7-3-2-4-8-16/h2-10,15,22,25,28H,11-14H2,1H3. The highest BCUT2D eigenvalue weighted by Gasteiger charge is 2.43. The zero-order valence-electron chi connectivity index (χ0n) is 16.8. The first-order valence-corrected chi connectivity index (χ1v) is 9.98. The maximum atomic E-state index is 13.2. The number of nitrogens with zero attached hydrogens (tertiary/aromatic N) is 1.